The van der Waals surface area contributed by atoms with Gasteiger partial charge in [-0.1, -0.05) is 6.92 Å². The van der Waals surface area contributed by atoms with Gasteiger partial charge in [0.25, 0.3) is 0 Å². The van der Waals surface area contributed by atoms with Crippen molar-refractivity contribution in [1.82, 2.24) is 4.72 Å². The molecule has 5 N–H and O–H groups in total. The van der Waals surface area contributed by atoms with Crippen LogP contribution in [0.1, 0.15) is 19.8 Å². The van der Waals surface area contributed by atoms with E-state index in [1.165, 1.54) is 0 Å². The lowest BCUT2D eigenvalue weighted by Crippen LogP contribution is -2.35. The van der Waals surface area contributed by atoms with Crippen LogP contribution in [0.4, 0.5) is 0 Å². The van der Waals surface area contributed by atoms with E-state index in [1.807, 2.05) is 6.92 Å². The molecule has 5 nitrogen and oxygen atoms in total. The molecular formula is C8H16IN3O2S. The molecule has 0 aromatic rings. The molecule has 0 amide bonds. The van der Waals surface area contributed by atoms with Gasteiger partial charge in [0.05, 0.1) is 12.1 Å². The fourth-order valence-corrected chi connectivity index (χ4v) is 2.40. The molecule has 0 heterocycles. The molecular weight excluding hydrogens is 329 g/mol. The van der Waals surface area contributed by atoms with Crippen molar-refractivity contribution in [2.75, 3.05) is 6.54 Å². The predicted molar refractivity (Wildman–Crippen MR) is 70.5 cm³/mol. The van der Waals surface area contributed by atoms with Gasteiger partial charge in [0, 0.05) is 22.6 Å². The summed E-state index contributed by atoms with van der Waals surface area (Å²) in [6.45, 7) is 2.26. The van der Waals surface area contributed by atoms with Crippen LogP contribution in [0.2, 0.25) is 0 Å². The monoisotopic (exact) mass is 345 g/mol. The summed E-state index contributed by atoms with van der Waals surface area (Å²) in [5.41, 5.74) is 10.8. The first-order chi connectivity index (χ1) is 7.02. The Kier molecular flexibility index (Phi) is 8.62. The Bertz CT molecular complexity index is 228. The molecule has 0 saturated heterocycles. The quantitative estimate of drug-likeness (QED) is 0.346. The number of carbonyl (C=O) groups excluding carboxylic acids is 2. The van der Waals surface area contributed by atoms with E-state index in [2.05, 4.69) is 4.72 Å². The average molecular weight is 345 g/mol. The topological polar surface area (TPSA) is 98.2 Å². The van der Waals surface area contributed by atoms with E-state index in [4.69, 9.17) is 11.5 Å². The first-order valence-electron chi connectivity index (χ1n) is 4.64. The van der Waals surface area contributed by atoms with Gasteiger partial charge >= 0.3 is 0 Å². The normalized spacial score (nSPS) is 14.7. The highest BCUT2D eigenvalue weighted by atomic mass is 127. The summed E-state index contributed by atoms with van der Waals surface area (Å²) < 4.78 is 2.79. The van der Waals surface area contributed by atoms with Crippen LogP contribution in [-0.2, 0) is 9.59 Å². The Labute approximate surface area is 107 Å². The van der Waals surface area contributed by atoms with Crippen LogP contribution in [0, 0.1) is 0 Å². The Morgan fingerprint density at radius 3 is 2.53 bits per heavy atom. The van der Waals surface area contributed by atoms with E-state index in [0.29, 0.717) is 19.4 Å². The third kappa shape index (κ3) is 6.46. The zero-order valence-electron chi connectivity index (χ0n) is 8.53. The Morgan fingerprint density at radius 2 is 2.13 bits per heavy atom. The Hall–Kier alpha value is 0.300. The average Bonchev–Trinajstić information content (AvgIpc) is 2.18. The summed E-state index contributed by atoms with van der Waals surface area (Å²) in [5, 5.41) is -0.184. The minimum absolute atomic E-state index is 0.0113. The summed E-state index contributed by atoms with van der Waals surface area (Å²) in [4.78, 5) is 22.4. The van der Waals surface area contributed by atoms with Crippen molar-refractivity contribution in [1.29, 1.82) is 0 Å². The highest BCUT2D eigenvalue weighted by Gasteiger charge is 2.18. The van der Waals surface area contributed by atoms with Crippen LogP contribution >= 0.6 is 34.5 Å². The van der Waals surface area contributed by atoms with Crippen LogP contribution in [0.15, 0.2) is 0 Å². The van der Waals surface area contributed by atoms with Gasteiger partial charge in [-0.25, -0.2) is 4.72 Å². The van der Waals surface area contributed by atoms with Crippen molar-refractivity contribution in [3.63, 3.8) is 0 Å². The molecule has 2 atom stereocenters. The lowest BCUT2D eigenvalue weighted by molar-refractivity contribution is -0.112. The molecule has 7 heteroatoms. The smallest absolute Gasteiger partial charge is 0.220 e. The third-order valence-corrected chi connectivity index (χ3v) is 3.42. The molecule has 0 aliphatic heterocycles. The maximum Gasteiger partial charge on any atom is 0.220 e. The van der Waals surface area contributed by atoms with Crippen LogP contribution in [0.25, 0.3) is 0 Å². The van der Waals surface area contributed by atoms with Gasteiger partial charge in [-0.3, -0.25) is 9.59 Å². The standard InChI is InChI=1S/C8H16IN3O2S/c1-2-6(7(9)13)12-15-8(14)5(11)3-4-10/h5-6,12H,2-4,10-11H2,1H3/t5-,6-/m0/s1. The molecule has 0 aromatic carbocycles. The third-order valence-electron chi connectivity index (χ3n) is 1.76. The highest BCUT2D eigenvalue weighted by molar-refractivity contribution is 14.1. The van der Waals surface area contributed by atoms with E-state index >= 15 is 0 Å². The second-order valence-electron chi connectivity index (χ2n) is 2.99. The molecule has 0 radical (unpaired) electrons. The molecule has 0 aliphatic carbocycles. The minimum Gasteiger partial charge on any atom is -0.330 e. The van der Waals surface area contributed by atoms with Crippen LogP contribution in [-0.4, -0.2) is 27.5 Å². The SMILES string of the molecule is CC[C@H](NSC(=O)[C@@H](N)CCN)C(=O)I. The Balaban J connectivity index is 3.92. The van der Waals surface area contributed by atoms with Gasteiger partial charge in [0.15, 0.2) is 0 Å². The van der Waals surface area contributed by atoms with Crippen LogP contribution in [0.5, 0.6) is 0 Å². The van der Waals surface area contributed by atoms with E-state index in [1.54, 1.807) is 22.6 Å². The maximum absolute atomic E-state index is 11.4. The minimum atomic E-state index is -0.561. The van der Waals surface area contributed by atoms with E-state index in [9.17, 15) is 9.59 Å². The van der Waals surface area contributed by atoms with Gasteiger partial charge in [-0.05, 0) is 31.3 Å². The molecule has 0 unspecified atom stereocenters. The summed E-state index contributed by atoms with van der Waals surface area (Å²) in [6, 6.07) is -0.862. The number of nitrogens with one attached hydrogen (secondary N) is 1. The molecule has 0 fully saturated rings. The van der Waals surface area contributed by atoms with Crippen molar-refractivity contribution >= 4 is 43.4 Å². The number of hydrogen-bond acceptors (Lipinski definition) is 6. The number of carbonyl (C=O) groups is 2. The van der Waals surface area contributed by atoms with Gasteiger partial charge in [-0.2, -0.15) is 0 Å². The van der Waals surface area contributed by atoms with E-state index in [-0.39, 0.29) is 14.9 Å². The first-order valence-corrected chi connectivity index (χ1v) is 6.53. The molecule has 15 heavy (non-hydrogen) atoms. The van der Waals surface area contributed by atoms with E-state index in [0.717, 1.165) is 11.9 Å². The maximum atomic E-state index is 11.4. The number of nitrogens with two attached hydrogens (primary N) is 2. The Morgan fingerprint density at radius 1 is 1.53 bits per heavy atom. The fraction of sp³-hybridized carbons (Fsp3) is 0.750. The summed E-state index contributed by atoms with van der Waals surface area (Å²) >= 11 is 2.60. The summed E-state index contributed by atoms with van der Waals surface area (Å²) in [5.74, 6) is 0. The van der Waals surface area contributed by atoms with Gasteiger partial charge in [-0.15, -0.1) is 0 Å². The highest BCUT2D eigenvalue weighted by Crippen LogP contribution is 2.08. The second kappa shape index (κ2) is 8.45. The van der Waals surface area contributed by atoms with Gasteiger partial charge in [0.1, 0.15) is 0 Å². The number of hydrogen-bond donors (Lipinski definition) is 3. The molecule has 0 bridgehead atoms. The summed E-state index contributed by atoms with van der Waals surface area (Å²) in [7, 11) is 0. The lowest BCUT2D eigenvalue weighted by Gasteiger charge is -2.13. The van der Waals surface area contributed by atoms with Gasteiger partial charge in [0.2, 0.25) is 8.91 Å². The number of rotatable bonds is 7. The first kappa shape index (κ1) is 15.3. The van der Waals surface area contributed by atoms with Gasteiger partial charge < -0.3 is 11.5 Å². The lowest BCUT2D eigenvalue weighted by atomic mass is 10.2. The van der Waals surface area contributed by atoms with Crippen molar-refractivity contribution in [2.24, 2.45) is 11.5 Å². The largest absolute Gasteiger partial charge is 0.330 e. The molecule has 0 saturated carbocycles. The van der Waals surface area contributed by atoms with Crippen LogP contribution in [0.3, 0.4) is 0 Å². The predicted octanol–water partition coefficient (Wildman–Crippen LogP) is 0.167. The summed E-state index contributed by atoms with van der Waals surface area (Å²) in [6.07, 6.45) is 1.11. The fourth-order valence-electron chi connectivity index (χ4n) is 0.792. The number of halogens is 1. The van der Waals surface area contributed by atoms with Crippen LogP contribution < -0.4 is 16.2 Å². The molecule has 88 valence electrons. The zero-order valence-corrected chi connectivity index (χ0v) is 11.5. The van der Waals surface area contributed by atoms with Crippen molar-refractivity contribution in [3.05, 3.63) is 0 Å². The zero-order chi connectivity index (χ0) is 11.8. The molecule has 0 aliphatic rings. The molecule has 0 aromatic heterocycles. The van der Waals surface area contributed by atoms with E-state index < -0.39 is 6.04 Å². The molecule has 0 spiro atoms. The molecule has 0 rings (SSSR count). The van der Waals surface area contributed by atoms with Crippen molar-refractivity contribution in [3.8, 4) is 0 Å². The second-order valence-corrected chi connectivity index (χ2v) is 4.89. The van der Waals surface area contributed by atoms with Crippen molar-refractivity contribution < 1.29 is 9.59 Å². The van der Waals surface area contributed by atoms with Crippen molar-refractivity contribution in [2.45, 2.75) is 31.8 Å².